The molecular formula is C53H72N5O17P. The van der Waals surface area contributed by atoms with Crippen LogP contribution in [-0.2, 0) is 71.8 Å². The zero-order valence-corrected chi connectivity index (χ0v) is 45.4. The molecule has 4 rings (SSSR count). The maximum absolute atomic E-state index is 13.4. The zero-order valence-electron chi connectivity index (χ0n) is 44.6. The molecule has 7 atom stereocenters. The number of alkyl carbamates (subject to hydrolysis) is 1. The van der Waals surface area contributed by atoms with E-state index >= 15 is 0 Å². The largest absolute Gasteiger partial charge is 0.497 e. The highest BCUT2D eigenvalue weighted by Crippen LogP contribution is 2.48. The van der Waals surface area contributed by atoms with Gasteiger partial charge in [-0.1, -0.05) is 54.6 Å². The van der Waals surface area contributed by atoms with Crippen molar-refractivity contribution in [1.82, 2.24) is 15.3 Å². The molecule has 1 fully saturated rings. The molecule has 23 heteroatoms. The van der Waals surface area contributed by atoms with Gasteiger partial charge in [-0.3, -0.25) is 24.0 Å². The number of nitriles is 1. The number of nitrogens with one attached hydrogen (secondary N) is 2. The van der Waals surface area contributed by atoms with Crippen LogP contribution in [0.4, 0.5) is 4.79 Å². The van der Waals surface area contributed by atoms with E-state index < -0.39 is 106 Å². The van der Waals surface area contributed by atoms with Crippen LogP contribution >= 0.6 is 8.53 Å². The summed E-state index contributed by atoms with van der Waals surface area (Å²) >= 11 is 0. The Morgan fingerprint density at radius 3 is 1.86 bits per heavy atom. The lowest BCUT2D eigenvalue weighted by Gasteiger charge is -2.44. The first-order chi connectivity index (χ1) is 36.3. The summed E-state index contributed by atoms with van der Waals surface area (Å²) in [6, 6.07) is 26.8. The number of carbonyl (C=O) groups excluding carboxylic acids is 6. The van der Waals surface area contributed by atoms with E-state index in [4.69, 9.17) is 57.4 Å². The Morgan fingerprint density at radius 2 is 1.33 bits per heavy atom. The van der Waals surface area contributed by atoms with Gasteiger partial charge in [0.05, 0.1) is 45.8 Å². The molecule has 1 aliphatic heterocycles. The highest BCUT2D eigenvalue weighted by molar-refractivity contribution is 7.44. The van der Waals surface area contributed by atoms with Gasteiger partial charge in [0.25, 0.3) is 8.53 Å². The van der Waals surface area contributed by atoms with Gasteiger partial charge in [-0.2, -0.15) is 5.26 Å². The Labute approximate surface area is 445 Å². The Balaban J connectivity index is 1.50. The highest BCUT2D eigenvalue weighted by atomic mass is 31.2. The van der Waals surface area contributed by atoms with Crippen LogP contribution in [0.15, 0.2) is 78.9 Å². The van der Waals surface area contributed by atoms with Crippen LogP contribution in [0.1, 0.15) is 84.4 Å². The number of nitrogens with zero attached hydrogens (tertiary/aromatic N) is 2. The monoisotopic (exact) mass is 1080 g/mol. The van der Waals surface area contributed by atoms with Gasteiger partial charge in [0.15, 0.2) is 12.4 Å². The van der Waals surface area contributed by atoms with Crippen LogP contribution in [0.25, 0.3) is 0 Å². The number of amides is 3. The SMILES string of the molecule is COc1ccc(C(OC[C@H](COC(=O)NCCCNC(=O)CO[C@@H]2O[C@H](COC(C)=O)[C@H](OC(C)=O)[C@H](OC(C)=O)[C@H]2CC(N)=O)OP(OCCC#N)N(C(C)C)C(C)C)(c2ccccc2)c2ccc(OC)cc2)cc1. The fourth-order valence-electron chi connectivity index (χ4n) is 8.34. The number of nitrogens with two attached hydrogens (primary N) is 1. The molecule has 0 aromatic heterocycles. The van der Waals surface area contributed by atoms with E-state index in [2.05, 4.69) is 21.4 Å². The van der Waals surface area contributed by atoms with Crippen LogP contribution < -0.4 is 25.8 Å². The summed E-state index contributed by atoms with van der Waals surface area (Å²) in [6.07, 6.45) is -7.11. The number of methoxy groups -OCH3 is 2. The van der Waals surface area contributed by atoms with E-state index in [1.165, 1.54) is 0 Å². The molecular weight excluding hydrogens is 1010 g/mol. The predicted molar refractivity (Wildman–Crippen MR) is 275 cm³/mol. The quantitative estimate of drug-likeness (QED) is 0.0234. The van der Waals surface area contributed by atoms with Gasteiger partial charge < -0.3 is 68.0 Å². The van der Waals surface area contributed by atoms with Crippen molar-refractivity contribution in [2.45, 2.75) is 116 Å². The second-order valence-corrected chi connectivity index (χ2v) is 19.4. The summed E-state index contributed by atoms with van der Waals surface area (Å²) in [4.78, 5) is 74.5. The summed E-state index contributed by atoms with van der Waals surface area (Å²) in [5, 5.41) is 14.8. The second kappa shape index (κ2) is 31.6. The van der Waals surface area contributed by atoms with Crippen LogP contribution in [0.3, 0.4) is 0 Å². The fraction of sp³-hybridized carbons (Fsp3) is 0.528. The minimum absolute atomic E-state index is 0.0420. The zero-order chi connectivity index (χ0) is 55.8. The van der Waals surface area contributed by atoms with Gasteiger partial charge in [-0.05, 0) is 75.1 Å². The first kappa shape index (κ1) is 62.1. The molecule has 4 N–H and O–H groups in total. The first-order valence-corrected chi connectivity index (χ1v) is 25.9. The second-order valence-electron chi connectivity index (χ2n) is 18.0. The molecule has 1 aliphatic rings. The number of primary amides is 1. The lowest BCUT2D eigenvalue weighted by molar-refractivity contribution is -0.290. The van der Waals surface area contributed by atoms with E-state index in [1.54, 1.807) is 14.2 Å². The van der Waals surface area contributed by atoms with E-state index in [-0.39, 0.29) is 57.8 Å². The molecule has 1 heterocycles. The number of ether oxygens (including phenoxy) is 9. The summed E-state index contributed by atoms with van der Waals surface area (Å²) in [5.74, 6) is -3.55. The van der Waals surface area contributed by atoms with Gasteiger partial charge in [0.2, 0.25) is 11.8 Å². The Hall–Kier alpha value is -6.44. The number of carbonyl (C=O) groups is 6. The maximum atomic E-state index is 13.4. The number of hydrogen-bond donors (Lipinski definition) is 3. The molecule has 76 heavy (non-hydrogen) atoms. The lowest BCUT2D eigenvalue weighted by Crippen LogP contribution is -2.60. The predicted octanol–water partition coefficient (Wildman–Crippen LogP) is 5.57. The third-order valence-electron chi connectivity index (χ3n) is 11.5. The first-order valence-electron chi connectivity index (χ1n) is 24.8. The van der Waals surface area contributed by atoms with Crippen LogP contribution in [0.2, 0.25) is 0 Å². The van der Waals surface area contributed by atoms with Crippen molar-refractivity contribution >= 4 is 44.3 Å². The smallest absolute Gasteiger partial charge is 0.407 e. The highest BCUT2D eigenvalue weighted by Gasteiger charge is 2.51. The Kier molecular flexibility index (Phi) is 25.8. The molecule has 416 valence electrons. The van der Waals surface area contributed by atoms with Crippen molar-refractivity contribution < 1.29 is 80.4 Å². The molecule has 3 aromatic carbocycles. The Morgan fingerprint density at radius 1 is 0.763 bits per heavy atom. The molecule has 0 radical (unpaired) electrons. The van der Waals surface area contributed by atoms with Crippen molar-refractivity contribution in [3.05, 3.63) is 95.6 Å². The molecule has 0 bridgehead atoms. The van der Waals surface area contributed by atoms with Crippen molar-refractivity contribution in [2.75, 3.05) is 60.3 Å². The van der Waals surface area contributed by atoms with Crippen molar-refractivity contribution in [3.8, 4) is 17.6 Å². The van der Waals surface area contributed by atoms with Crippen LogP contribution in [0, 0.1) is 17.2 Å². The number of hydrogen-bond acceptors (Lipinski definition) is 19. The summed E-state index contributed by atoms with van der Waals surface area (Å²) < 4.78 is 66.8. The van der Waals surface area contributed by atoms with Crippen molar-refractivity contribution in [2.24, 2.45) is 11.7 Å². The molecule has 0 spiro atoms. The minimum Gasteiger partial charge on any atom is -0.497 e. The van der Waals surface area contributed by atoms with E-state index in [1.807, 2.05) is 107 Å². The normalized spacial score (nSPS) is 18.2. The van der Waals surface area contributed by atoms with Gasteiger partial charge in [-0.25, -0.2) is 9.46 Å². The van der Waals surface area contributed by atoms with Crippen LogP contribution in [-0.4, -0.2) is 144 Å². The van der Waals surface area contributed by atoms with Crippen LogP contribution in [0.5, 0.6) is 11.5 Å². The fourth-order valence-corrected chi connectivity index (χ4v) is 10.0. The van der Waals surface area contributed by atoms with Gasteiger partial charge in [0, 0.05) is 52.4 Å². The molecule has 22 nitrogen and oxygen atoms in total. The number of benzene rings is 3. The van der Waals surface area contributed by atoms with E-state index in [9.17, 15) is 34.0 Å². The summed E-state index contributed by atoms with van der Waals surface area (Å²) in [5.41, 5.74) is 6.59. The Bertz CT molecular complexity index is 2300. The molecule has 0 aliphatic carbocycles. The molecule has 1 unspecified atom stereocenters. The number of esters is 3. The summed E-state index contributed by atoms with van der Waals surface area (Å²) in [7, 11) is 1.34. The molecule has 3 amide bonds. The van der Waals surface area contributed by atoms with Crippen molar-refractivity contribution in [3.63, 3.8) is 0 Å². The van der Waals surface area contributed by atoms with Crippen molar-refractivity contribution in [1.29, 1.82) is 5.26 Å². The topological polar surface area (TPSA) is 281 Å². The van der Waals surface area contributed by atoms with E-state index in [0.717, 1.165) is 37.5 Å². The molecule has 3 aromatic rings. The third-order valence-corrected chi connectivity index (χ3v) is 13.7. The number of rotatable bonds is 31. The van der Waals surface area contributed by atoms with Gasteiger partial charge in [0.1, 0.15) is 55.2 Å². The third kappa shape index (κ3) is 19.0. The average molecular weight is 1080 g/mol. The lowest BCUT2D eigenvalue weighted by atomic mass is 9.80. The van der Waals surface area contributed by atoms with Gasteiger partial charge in [-0.15, -0.1) is 0 Å². The molecule has 1 saturated heterocycles. The van der Waals surface area contributed by atoms with E-state index in [0.29, 0.717) is 11.5 Å². The minimum atomic E-state index is -1.84. The maximum Gasteiger partial charge on any atom is 0.407 e. The van der Waals surface area contributed by atoms with Gasteiger partial charge >= 0.3 is 24.0 Å². The standard InChI is InChI=1S/C53H72N5O17P/c1-34(2)58(35(3)4)76(71-28-13-25-54)75-44(31-70-53(39-15-11-10-12-16-39,40-17-21-42(65-8)22-18-40)41-19-23-43(66-9)24-20-41)30-69-52(64)57-27-14-26-56-48(63)33-68-51-45(29-47(55)62)49(72-37(6)60)50(73-38(7)61)46(74-51)32-67-36(5)59/h10-12,15-24,34-35,44-46,49-51H,13-14,26-33H2,1-9H3,(H2,55,62)(H,56,63)(H,57,64)/t44-,45+,46+,49+,50-,51+,76?/m0/s1. The summed E-state index contributed by atoms with van der Waals surface area (Å²) in [6.45, 7) is 10.2. The molecule has 0 saturated carbocycles. The average Bonchev–Trinajstić information content (AvgIpc) is 3.38.